The fraction of sp³-hybridized carbons (Fsp3) is 0.133. The zero-order valence-corrected chi connectivity index (χ0v) is 10.8. The molecular weight excluding hydrogens is 242 g/mol. The molecule has 0 aliphatic carbocycles. The zero-order valence-electron chi connectivity index (χ0n) is 10.8. The van der Waals surface area contributed by atoms with E-state index in [4.69, 9.17) is 15.2 Å². The maximum Gasteiger partial charge on any atom is 0.249 e. The third-order valence-corrected chi connectivity index (χ3v) is 2.89. The minimum Gasteiger partial charge on any atom is -0.497 e. The van der Waals surface area contributed by atoms with Crippen LogP contribution < -0.4 is 15.2 Å². The molecule has 2 N–H and O–H groups in total. The van der Waals surface area contributed by atoms with Gasteiger partial charge in [-0.1, -0.05) is 18.2 Å². The second-order valence-corrected chi connectivity index (χ2v) is 3.98. The van der Waals surface area contributed by atoms with Crippen LogP contribution in [0.15, 0.2) is 42.5 Å². The van der Waals surface area contributed by atoms with Crippen molar-refractivity contribution >= 4 is 5.91 Å². The van der Waals surface area contributed by atoms with Crippen molar-refractivity contribution in [1.29, 1.82) is 0 Å². The molecule has 19 heavy (non-hydrogen) atoms. The summed E-state index contributed by atoms with van der Waals surface area (Å²) in [7, 11) is 3.16. The number of carbonyl (C=O) groups excluding carboxylic acids is 1. The standard InChI is InChI=1S/C15H15NO3/c1-18-10-7-8-12(14(9-10)19-2)11-5-3-4-6-13(11)15(16)17/h3-9H,1-2H3,(H2,16,17). The van der Waals surface area contributed by atoms with Crippen LogP contribution in [-0.2, 0) is 0 Å². The van der Waals surface area contributed by atoms with Crippen LogP contribution in [0.25, 0.3) is 11.1 Å². The number of methoxy groups -OCH3 is 2. The topological polar surface area (TPSA) is 61.5 Å². The second-order valence-electron chi connectivity index (χ2n) is 3.98. The minimum atomic E-state index is -0.464. The predicted molar refractivity (Wildman–Crippen MR) is 73.5 cm³/mol. The van der Waals surface area contributed by atoms with Gasteiger partial charge in [0.2, 0.25) is 5.91 Å². The first kappa shape index (κ1) is 13.0. The molecule has 2 aromatic carbocycles. The number of hydrogen-bond donors (Lipinski definition) is 1. The van der Waals surface area contributed by atoms with Gasteiger partial charge in [-0.25, -0.2) is 0 Å². The van der Waals surface area contributed by atoms with Crippen molar-refractivity contribution in [3.8, 4) is 22.6 Å². The summed E-state index contributed by atoms with van der Waals surface area (Å²) in [5, 5.41) is 0. The quantitative estimate of drug-likeness (QED) is 0.915. The lowest BCUT2D eigenvalue weighted by Crippen LogP contribution is -2.12. The SMILES string of the molecule is COc1ccc(-c2ccccc2C(N)=O)c(OC)c1. The Morgan fingerprint density at radius 1 is 1.00 bits per heavy atom. The second kappa shape index (κ2) is 5.44. The van der Waals surface area contributed by atoms with E-state index < -0.39 is 5.91 Å². The molecule has 0 heterocycles. The van der Waals surface area contributed by atoms with Crippen molar-refractivity contribution < 1.29 is 14.3 Å². The highest BCUT2D eigenvalue weighted by Crippen LogP contribution is 2.34. The Balaban J connectivity index is 2.62. The molecule has 0 aliphatic heterocycles. The van der Waals surface area contributed by atoms with Crippen molar-refractivity contribution in [3.63, 3.8) is 0 Å². The van der Waals surface area contributed by atoms with Crippen LogP contribution >= 0.6 is 0 Å². The van der Waals surface area contributed by atoms with E-state index in [0.717, 1.165) is 11.1 Å². The maximum absolute atomic E-state index is 11.5. The average molecular weight is 257 g/mol. The van der Waals surface area contributed by atoms with Crippen molar-refractivity contribution in [1.82, 2.24) is 0 Å². The predicted octanol–water partition coefficient (Wildman–Crippen LogP) is 2.47. The number of benzene rings is 2. The summed E-state index contributed by atoms with van der Waals surface area (Å²) >= 11 is 0. The van der Waals surface area contributed by atoms with Gasteiger partial charge in [0, 0.05) is 17.2 Å². The van der Waals surface area contributed by atoms with Crippen molar-refractivity contribution in [2.24, 2.45) is 5.73 Å². The number of ether oxygens (including phenoxy) is 2. The summed E-state index contributed by atoms with van der Waals surface area (Å²) in [5.74, 6) is 0.860. The Morgan fingerprint density at radius 3 is 2.37 bits per heavy atom. The van der Waals surface area contributed by atoms with E-state index in [9.17, 15) is 4.79 Å². The lowest BCUT2D eigenvalue weighted by atomic mass is 9.98. The summed E-state index contributed by atoms with van der Waals surface area (Å²) in [5.41, 5.74) is 7.41. The van der Waals surface area contributed by atoms with Gasteiger partial charge < -0.3 is 15.2 Å². The molecule has 4 nitrogen and oxygen atoms in total. The van der Waals surface area contributed by atoms with Crippen LogP contribution in [-0.4, -0.2) is 20.1 Å². The average Bonchev–Trinajstić information content (AvgIpc) is 2.46. The summed E-state index contributed by atoms with van der Waals surface area (Å²) < 4.78 is 10.5. The Labute approximate surface area is 111 Å². The fourth-order valence-corrected chi connectivity index (χ4v) is 1.95. The van der Waals surface area contributed by atoms with Crippen LogP contribution in [0.2, 0.25) is 0 Å². The number of rotatable bonds is 4. The van der Waals surface area contributed by atoms with E-state index in [1.807, 2.05) is 24.3 Å². The molecule has 0 aliphatic rings. The molecule has 0 saturated carbocycles. The number of nitrogens with two attached hydrogens (primary N) is 1. The molecule has 0 saturated heterocycles. The maximum atomic E-state index is 11.5. The van der Waals surface area contributed by atoms with Gasteiger partial charge in [0.25, 0.3) is 0 Å². The van der Waals surface area contributed by atoms with Crippen LogP contribution in [0, 0.1) is 0 Å². The summed E-state index contributed by atoms with van der Waals surface area (Å²) in [6.07, 6.45) is 0. The molecule has 0 radical (unpaired) electrons. The molecule has 0 spiro atoms. The molecule has 0 atom stereocenters. The lowest BCUT2D eigenvalue weighted by Gasteiger charge is -2.12. The van der Waals surface area contributed by atoms with Gasteiger partial charge in [-0.2, -0.15) is 0 Å². The highest BCUT2D eigenvalue weighted by Gasteiger charge is 2.13. The molecule has 0 fully saturated rings. The Bertz CT molecular complexity index is 608. The first-order valence-electron chi connectivity index (χ1n) is 5.78. The number of carbonyl (C=O) groups is 1. The summed E-state index contributed by atoms with van der Waals surface area (Å²) in [6, 6.07) is 12.6. The third kappa shape index (κ3) is 2.52. The highest BCUT2D eigenvalue weighted by molar-refractivity contribution is 6.00. The molecule has 0 unspecified atom stereocenters. The van der Waals surface area contributed by atoms with Crippen LogP contribution in [0.1, 0.15) is 10.4 Å². The van der Waals surface area contributed by atoms with Crippen LogP contribution in [0.4, 0.5) is 0 Å². The van der Waals surface area contributed by atoms with E-state index in [1.165, 1.54) is 0 Å². The van der Waals surface area contributed by atoms with E-state index in [1.54, 1.807) is 32.4 Å². The van der Waals surface area contributed by atoms with Crippen LogP contribution in [0.3, 0.4) is 0 Å². The molecule has 2 rings (SSSR count). The van der Waals surface area contributed by atoms with Crippen molar-refractivity contribution in [3.05, 3.63) is 48.0 Å². The Morgan fingerprint density at radius 2 is 1.74 bits per heavy atom. The Kier molecular flexibility index (Phi) is 3.71. The summed E-state index contributed by atoms with van der Waals surface area (Å²) in [4.78, 5) is 11.5. The molecule has 2 aromatic rings. The molecule has 4 heteroatoms. The molecule has 1 amide bonds. The Hall–Kier alpha value is -2.49. The number of primary amides is 1. The molecule has 98 valence electrons. The molecule has 0 aromatic heterocycles. The van der Waals surface area contributed by atoms with E-state index in [2.05, 4.69) is 0 Å². The van der Waals surface area contributed by atoms with E-state index in [-0.39, 0.29) is 0 Å². The first-order valence-corrected chi connectivity index (χ1v) is 5.78. The molecule has 0 bridgehead atoms. The van der Waals surface area contributed by atoms with Crippen molar-refractivity contribution in [2.45, 2.75) is 0 Å². The van der Waals surface area contributed by atoms with Gasteiger partial charge in [-0.05, 0) is 23.8 Å². The van der Waals surface area contributed by atoms with E-state index in [0.29, 0.717) is 17.1 Å². The number of hydrogen-bond acceptors (Lipinski definition) is 3. The van der Waals surface area contributed by atoms with Gasteiger partial charge >= 0.3 is 0 Å². The first-order chi connectivity index (χ1) is 9.17. The van der Waals surface area contributed by atoms with E-state index >= 15 is 0 Å². The smallest absolute Gasteiger partial charge is 0.249 e. The highest BCUT2D eigenvalue weighted by atomic mass is 16.5. The third-order valence-electron chi connectivity index (χ3n) is 2.89. The zero-order chi connectivity index (χ0) is 13.8. The minimum absolute atomic E-state index is 0.464. The van der Waals surface area contributed by atoms with Gasteiger partial charge in [0.05, 0.1) is 14.2 Å². The number of amides is 1. The normalized spacial score (nSPS) is 10.0. The molecular formula is C15H15NO3. The van der Waals surface area contributed by atoms with Gasteiger partial charge in [0.15, 0.2) is 0 Å². The largest absolute Gasteiger partial charge is 0.497 e. The van der Waals surface area contributed by atoms with Gasteiger partial charge in [0.1, 0.15) is 11.5 Å². The monoisotopic (exact) mass is 257 g/mol. The van der Waals surface area contributed by atoms with Gasteiger partial charge in [-0.15, -0.1) is 0 Å². The van der Waals surface area contributed by atoms with Gasteiger partial charge in [-0.3, -0.25) is 4.79 Å². The van der Waals surface area contributed by atoms with Crippen molar-refractivity contribution in [2.75, 3.05) is 14.2 Å². The summed E-state index contributed by atoms with van der Waals surface area (Å²) in [6.45, 7) is 0. The lowest BCUT2D eigenvalue weighted by molar-refractivity contribution is 0.100. The fourth-order valence-electron chi connectivity index (χ4n) is 1.95. The van der Waals surface area contributed by atoms with Crippen LogP contribution in [0.5, 0.6) is 11.5 Å².